The zero-order valence-corrected chi connectivity index (χ0v) is 10.2. The Morgan fingerprint density at radius 2 is 2.17 bits per heavy atom. The van der Waals surface area contributed by atoms with Crippen LogP contribution in [0, 0.1) is 0 Å². The fourth-order valence-electron chi connectivity index (χ4n) is 1.53. The summed E-state index contributed by atoms with van der Waals surface area (Å²) >= 11 is 0. The Bertz CT molecular complexity index is 493. The third kappa shape index (κ3) is 2.99. The van der Waals surface area contributed by atoms with E-state index in [0.717, 1.165) is 5.56 Å². The van der Waals surface area contributed by atoms with Crippen LogP contribution in [0.1, 0.15) is 17.4 Å². The summed E-state index contributed by atoms with van der Waals surface area (Å²) in [6.07, 6.45) is 1.34. The Balaban J connectivity index is 1.97. The van der Waals surface area contributed by atoms with Crippen molar-refractivity contribution in [1.29, 1.82) is 0 Å². The van der Waals surface area contributed by atoms with Gasteiger partial charge in [-0.15, -0.1) is 6.58 Å². The van der Waals surface area contributed by atoms with Gasteiger partial charge in [-0.2, -0.15) is 0 Å². The molecule has 0 spiro atoms. The van der Waals surface area contributed by atoms with Gasteiger partial charge in [0.2, 0.25) is 0 Å². The zero-order chi connectivity index (χ0) is 12.8. The Labute approximate surface area is 106 Å². The highest BCUT2D eigenvalue weighted by Gasteiger charge is 2.13. The van der Waals surface area contributed by atoms with Crippen molar-refractivity contribution in [3.05, 3.63) is 60.4 Å². The van der Waals surface area contributed by atoms with E-state index in [-0.39, 0.29) is 6.10 Å². The molecule has 1 atom stereocenters. The molecule has 0 aliphatic carbocycles. The molecule has 2 rings (SSSR count). The maximum Gasteiger partial charge on any atom is 0.254 e. The molecule has 18 heavy (non-hydrogen) atoms. The number of ether oxygens (including phenoxy) is 2. The van der Waals surface area contributed by atoms with Crippen molar-refractivity contribution in [3.8, 4) is 5.88 Å². The van der Waals surface area contributed by atoms with Crippen LogP contribution in [-0.4, -0.2) is 12.3 Å². The van der Waals surface area contributed by atoms with Crippen molar-refractivity contribution in [2.45, 2.75) is 12.7 Å². The van der Waals surface area contributed by atoms with Crippen molar-refractivity contribution < 1.29 is 14.0 Å². The minimum Gasteiger partial charge on any atom is -0.471 e. The summed E-state index contributed by atoms with van der Waals surface area (Å²) in [4.78, 5) is 0. The van der Waals surface area contributed by atoms with Gasteiger partial charge in [0.25, 0.3) is 5.88 Å². The van der Waals surface area contributed by atoms with Gasteiger partial charge in [0, 0.05) is 13.2 Å². The molecule has 4 heteroatoms. The van der Waals surface area contributed by atoms with Gasteiger partial charge >= 0.3 is 0 Å². The first kappa shape index (κ1) is 12.4. The average Bonchev–Trinajstić information content (AvgIpc) is 2.88. The summed E-state index contributed by atoms with van der Waals surface area (Å²) in [5, 5.41) is 3.82. The third-order valence-corrected chi connectivity index (χ3v) is 2.48. The Morgan fingerprint density at radius 3 is 2.83 bits per heavy atom. The first-order valence-corrected chi connectivity index (χ1v) is 5.62. The lowest BCUT2D eigenvalue weighted by Crippen LogP contribution is -1.95. The van der Waals surface area contributed by atoms with E-state index < -0.39 is 0 Å². The highest BCUT2D eigenvalue weighted by atomic mass is 16.5. The molecule has 2 aromatic rings. The molecule has 0 amide bonds. The van der Waals surface area contributed by atoms with Gasteiger partial charge < -0.3 is 14.0 Å². The van der Waals surface area contributed by atoms with Gasteiger partial charge in [-0.25, -0.2) is 0 Å². The van der Waals surface area contributed by atoms with Gasteiger partial charge in [0.05, 0.1) is 0 Å². The molecule has 0 aliphatic rings. The Hall–Kier alpha value is -2.07. The zero-order valence-electron chi connectivity index (χ0n) is 10.2. The molecule has 0 bridgehead atoms. The minimum absolute atomic E-state index is 0.299. The monoisotopic (exact) mass is 245 g/mol. The molecule has 94 valence electrons. The van der Waals surface area contributed by atoms with Crippen LogP contribution in [0.15, 0.2) is 53.6 Å². The molecular formula is C14H15NO3. The molecule has 0 aliphatic heterocycles. The minimum atomic E-state index is -0.299. The maximum absolute atomic E-state index is 5.52. The van der Waals surface area contributed by atoms with Crippen LogP contribution < -0.4 is 4.74 Å². The lowest BCUT2D eigenvalue weighted by atomic mass is 10.2. The van der Waals surface area contributed by atoms with Crippen LogP contribution in [0.5, 0.6) is 5.88 Å². The van der Waals surface area contributed by atoms with Crippen molar-refractivity contribution in [2.24, 2.45) is 0 Å². The van der Waals surface area contributed by atoms with Crippen LogP contribution in [0.3, 0.4) is 0 Å². The topological polar surface area (TPSA) is 44.5 Å². The second-order valence-corrected chi connectivity index (χ2v) is 3.73. The lowest BCUT2D eigenvalue weighted by Gasteiger charge is -2.03. The molecule has 1 aromatic carbocycles. The molecule has 0 unspecified atom stereocenters. The van der Waals surface area contributed by atoms with E-state index >= 15 is 0 Å². The first-order valence-electron chi connectivity index (χ1n) is 5.62. The molecular weight excluding hydrogens is 230 g/mol. The fraction of sp³-hybridized carbons (Fsp3) is 0.214. The molecule has 4 nitrogen and oxygen atoms in total. The van der Waals surface area contributed by atoms with Gasteiger partial charge in [-0.3, -0.25) is 0 Å². The normalized spacial score (nSPS) is 12.1. The van der Waals surface area contributed by atoms with Gasteiger partial charge in [-0.1, -0.05) is 36.4 Å². The van der Waals surface area contributed by atoms with Gasteiger partial charge in [0.15, 0.2) is 5.76 Å². The van der Waals surface area contributed by atoms with E-state index in [1.54, 1.807) is 19.3 Å². The summed E-state index contributed by atoms with van der Waals surface area (Å²) in [5.41, 5.74) is 1.08. The van der Waals surface area contributed by atoms with E-state index in [0.29, 0.717) is 18.2 Å². The largest absolute Gasteiger partial charge is 0.471 e. The van der Waals surface area contributed by atoms with Crippen molar-refractivity contribution in [1.82, 2.24) is 5.16 Å². The second-order valence-electron chi connectivity index (χ2n) is 3.73. The average molecular weight is 245 g/mol. The van der Waals surface area contributed by atoms with E-state index in [4.69, 9.17) is 14.0 Å². The predicted octanol–water partition coefficient (Wildman–Crippen LogP) is 3.13. The van der Waals surface area contributed by atoms with Gasteiger partial charge in [0.1, 0.15) is 12.7 Å². The smallest absolute Gasteiger partial charge is 0.254 e. The summed E-state index contributed by atoms with van der Waals surface area (Å²) in [6.45, 7) is 4.11. The SMILES string of the molecule is C=C[C@@H](OC)c1cc(OCc2ccccc2)no1. The number of hydrogen-bond acceptors (Lipinski definition) is 4. The van der Waals surface area contributed by atoms with Gasteiger partial charge in [-0.05, 0) is 10.7 Å². The van der Waals surface area contributed by atoms with Crippen molar-refractivity contribution in [3.63, 3.8) is 0 Å². The van der Waals surface area contributed by atoms with E-state index in [9.17, 15) is 0 Å². The fourth-order valence-corrected chi connectivity index (χ4v) is 1.53. The van der Waals surface area contributed by atoms with E-state index in [2.05, 4.69) is 11.7 Å². The molecule has 0 saturated carbocycles. The molecule has 1 heterocycles. The maximum atomic E-state index is 5.52. The van der Waals surface area contributed by atoms with Crippen molar-refractivity contribution >= 4 is 0 Å². The predicted molar refractivity (Wildman–Crippen MR) is 67.2 cm³/mol. The Kier molecular flexibility index (Phi) is 4.15. The van der Waals surface area contributed by atoms with Crippen molar-refractivity contribution in [2.75, 3.05) is 7.11 Å². The number of methoxy groups -OCH3 is 1. The highest BCUT2D eigenvalue weighted by Crippen LogP contribution is 2.22. The highest BCUT2D eigenvalue weighted by molar-refractivity contribution is 5.18. The van der Waals surface area contributed by atoms with Crippen LogP contribution in [0.4, 0.5) is 0 Å². The molecule has 0 saturated heterocycles. The van der Waals surface area contributed by atoms with E-state index in [1.165, 1.54) is 0 Å². The lowest BCUT2D eigenvalue weighted by molar-refractivity contribution is 0.115. The summed E-state index contributed by atoms with van der Waals surface area (Å²) in [6, 6.07) is 11.6. The molecule has 0 radical (unpaired) electrons. The quantitative estimate of drug-likeness (QED) is 0.733. The molecule has 0 fully saturated rings. The summed E-state index contributed by atoms with van der Waals surface area (Å²) in [5.74, 6) is 1.02. The summed E-state index contributed by atoms with van der Waals surface area (Å²) in [7, 11) is 1.58. The third-order valence-electron chi connectivity index (χ3n) is 2.48. The van der Waals surface area contributed by atoms with Crippen LogP contribution in [-0.2, 0) is 11.3 Å². The first-order chi connectivity index (χ1) is 8.83. The standard InChI is InChI=1S/C14H15NO3/c1-3-12(16-2)13-9-14(15-18-13)17-10-11-7-5-4-6-8-11/h3-9,12H,1,10H2,2H3/t12-/m1/s1. The summed E-state index contributed by atoms with van der Waals surface area (Å²) < 4.78 is 15.8. The van der Waals surface area contributed by atoms with E-state index in [1.807, 2.05) is 30.3 Å². The second kappa shape index (κ2) is 6.02. The number of aromatic nitrogens is 1. The van der Waals surface area contributed by atoms with Crippen LogP contribution in [0.25, 0.3) is 0 Å². The number of nitrogens with zero attached hydrogens (tertiary/aromatic N) is 1. The number of benzene rings is 1. The van der Waals surface area contributed by atoms with Crippen LogP contribution >= 0.6 is 0 Å². The number of hydrogen-bond donors (Lipinski definition) is 0. The van der Waals surface area contributed by atoms with Crippen LogP contribution in [0.2, 0.25) is 0 Å². The Morgan fingerprint density at radius 1 is 1.39 bits per heavy atom. The number of rotatable bonds is 6. The molecule has 0 N–H and O–H groups in total. The molecule has 1 aromatic heterocycles.